The number of carbonyl (C=O) groups is 2. The Morgan fingerprint density at radius 1 is 1.02 bits per heavy atom. The van der Waals surface area contributed by atoms with E-state index in [0.717, 1.165) is 12.1 Å². The molecule has 0 radical (unpaired) electrons. The number of benzene rings is 1. The molecule has 14 nitrogen and oxygen atoms in total. The van der Waals surface area contributed by atoms with Gasteiger partial charge in [-0.25, -0.2) is 4.39 Å². The number of hydrogen-bond donors (Lipinski definition) is 2. The summed E-state index contributed by atoms with van der Waals surface area (Å²) in [5, 5.41) is 23.4. The Bertz CT molecular complexity index is 1720. The number of methoxy groups -OCH3 is 2. The molecule has 2 atom stereocenters. The van der Waals surface area contributed by atoms with E-state index in [4.69, 9.17) is 23.7 Å². The predicted molar refractivity (Wildman–Crippen MR) is 215 cm³/mol. The van der Waals surface area contributed by atoms with E-state index >= 15 is 0 Å². The first-order valence-corrected chi connectivity index (χ1v) is 19.3. The molecule has 0 unspecified atom stereocenters. The monoisotopic (exact) mass is 827 g/mol. The van der Waals surface area contributed by atoms with E-state index in [-0.39, 0.29) is 60.1 Å². The van der Waals surface area contributed by atoms with Gasteiger partial charge in [0.15, 0.2) is 16.5 Å². The number of amides is 1. The second kappa shape index (κ2) is 23.7. The van der Waals surface area contributed by atoms with Crippen LogP contribution in [0.3, 0.4) is 0 Å². The molecule has 2 aromatic heterocycles. The molecule has 17 heteroatoms. The summed E-state index contributed by atoms with van der Waals surface area (Å²) in [4.78, 5) is 39.7. The van der Waals surface area contributed by atoms with Crippen molar-refractivity contribution < 1.29 is 42.8 Å². The van der Waals surface area contributed by atoms with Crippen molar-refractivity contribution in [3.8, 4) is 16.3 Å². The van der Waals surface area contributed by atoms with Crippen molar-refractivity contribution in [1.29, 1.82) is 0 Å². The highest BCUT2D eigenvalue weighted by molar-refractivity contribution is 7.14. The smallest absolute Gasteiger partial charge is 0.306 e. The minimum atomic E-state index is -0.682. The van der Waals surface area contributed by atoms with Gasteiger partial charge in [0.1, 0.15) is 16.4 Å². The highest BCUT2D eigenvalue weighted by atomic mass is 35.5. The molecule has 56 heavy (non-hydrogen) atoms. The van der Waals surface area contributed by atoms with Crippen LogP contribution in [-0.4, -0.2) is 121 Å². The van der Waals surface area contributed by atoms with Crippen LogP contribution >= 0.6 is 23.7 Å². The molecule has 2 N–H and O–H groups in total. The first-order valence-electron chi connectivity index (χ1n) is 18.5. The zero-order chi connectivity index (χ0) is 40.7. The highest BCUT2D eigenvalue weighted by Gasteiger charge is 2.36. The lowest BCUT2D eigenvalue weighted by atomic mass is 10.1. The van der Waals surface area contributed by atoms with E-state index in [0.29, 0.717) is 68.5 Å². The Morgan fingerprint density at radius 3 is 2.25 bits per heavy atom. The summed E-state index contributed by atoms with van der Waals surface area (Å²) in [7, 11) is 3.22. The maximum absolute atomic E-state index is 13.2. The topological polar surface area (TPSA) is 164 Å². The van der Waals surface area contributed by atoms with Crippen LogP contribution in [0.15, 0.2) is 35.3 Å². The van der Waals surface area contributed by atoms with Crippen molar-refractivity contribution in [3.63, 3.8) is 0 Å². The quantitative estimate of drug-likeness (QED) is 0.119. The fourth-order valence-electron chi connectivity index (χ4n) is 5.56. The number of ether oxygens (including phenoxy) is 5. The largest absolute Gasteiger partial charge is 0.503 e. The number of pyridine rings is 1. The first kappa shape index (κ1) is 48.6. The summed E-state index contributed by atoms with van der Waals surface area (Å²) < 4.78 is 41.4. The number of aromatic hydroxyl groups is 1. The van der Waals surface area contributed by atoms with E-state index in [1.165, 1.54) is 23.5 Å². The Balaban J connectivity index is 0.000000444. The van der Waals surface area contributed by atoms with Gasteiger partial charge < -0.3 is 43.6 Å². The van der Waals surface area contributed by atoms with Gasteiger partial charge >= 0.3 is 5.97 Å². The molecule has 0 fully saturated rings. The van der Waals surface area contributed by atoms with Gasteiger partial charge in [-0.15, -0.1) is 22.6 Å². The average Bonchev–Trinajstić information content (AvgIpc) is 3.57. The van der Waals surface area contributed by atoms with Crippen LogP contribution in [0.4, 0.5) is 4.39 Å². The van der Waals surface area contributed by atoms with Crippen LogP contribution < -0.4 is 10.7 Å². The van der Waals surface area contributed by atoms with Crippen LogP contribution in [0, 0.1) is 11.7 Å². The van der Waals surface area contributed by atoms with E-state index in [9.17, 15) is 23.9 Å². The number of rotatable bonds is 19. The first-order chi connectivity index (χ1) is 26.0. The summed E-state index contributed by atoms with van der Waals surface area (Å²) in [5.41, 5.74) is -0.174. The number of aromatic nitrogens is 3. The Labute approximate surface area is 339 Å². The molecule has 1 aliphatic rings. The lowest BCUT2D eigenvalue weighted by Crippen LogP contribution is -2.48. The van der Waals surface area contributed by atoms with E-state index in [1.54, 1.807) is 42.0 Å². The molecule has 1 aromatic carbocycles. The number of esters is 1. The lowest BCUT2D eigenvalue weighted by Gasteiger charge is -2.38. The Kier molecular flexibility index (Phi) is 20.5. The second-order valence-electron chi connectivity index (χ2n) is 14.8. The van der Waals surface area contributed by atoms with Crippen molar-refractivity contribution in [3.05, 3.63) is 62.8 Å². The molecule has 3 aromatic rings. The minimum absolute atomic E-state index is 0. The van der Waals surface area contributed by atoms with Crippen molar-refractivity contribution in [2.45, 2.75) is 85.0 Å². The third kappa shape index (κ3) is 15.4. The fraction of sp³-hybridized carbons (Fsp3) is 0.615. The van der Waals surface area contributed by atoms with Crippen molar-refractivity contribution in [2.75, 3.05) is 67.0 Å². The second-order valence-corrected chi connectivity index (χ2v) is 15.9. The molecule has 0 saturated heterocycles. The third-order valence-corrected chi connectivity index (χ3v) is 9.24. The summed E-state index contributed by atoms with van der Waals surface area (Å²) >= 11 is 1.21. The lowest BCUT2D eigenvalue weighted by molar-refractivity contribution is -0.156. The van der Waals surface area contributed by atoms with Gasteiger partial charge in [-0.2, -0.15) is 0 Å². The standard InChI is InChI=1S/C24H27FN4O5S.C15H31NO4.ClH/c1-14(2)28-11-17(13-34-9-8-33-3)29-12-18(21(30)22(31)20(29)24(28)32)23-27-26-19(35-23)10-15-4-6-16(25)7-5-15;1-12(2)16-10-13(11-19-8-7-18-6)9-14(17)20-15(3,4)5;/h4-7,12,14,17,31H,8-11,13H2,1-3H3;12-13,16H,7-11H2,1-6H3;1H/t17-;13-;/m11./s1. The summed E-state index contributed by atoms with van der Waals surface area (Å²) in [5.74, 6) is -1.42. The zero-order valence-electron chi connectivity index (χ0n) is 34.0. The van der Waals surface area contributed by atoms with E-state index in [1.807, 2.05) is 34.6 Å². The normalized spacial score (nSPS) is 14.6. The minimum Gasteiger partial charge on any atom is -0.503 e. The van der Waals surface area contributed by atoms with Gasteiger partial charge in [0.05, 0.1) is 57.7 Å². The summed E-state index contributed by atoms with van der Waals surface area (Å²) in [6.45, 7) is 17.4. The molecular formula is C39H59ClFN5O9S. The SMILES string of the molecule is COCCOC[C@@H](CNC(C)C)CC(=O)OC(C)(C)C.COCCOC[C@H]1CN(C(C)C)C(=O)c2c(O)c(=O)c(-c3nnc(Cc4ccc(F)cc4)s3)cn21.Cl. The average molecular weight is 828 g/mol. The number of carbonyl (C=O) groups excluding carboxylic acids is 2. The van der Waals surface area contributed by atoms with Crippen LogP contribution in [-0.2, 0) is 34.9 Å². The summed E-state index contributed by atoms with van der Waals surface area (Å²) in [6.07, 6.45) is 2.34. The molecule has 1 aliphatic heterocycles. The molecule has 0 bridgehead atoms. The van der Waals surface area contributed by atoms with Crippen molar-refractivity contribution >= 4 is 35.6 Å². The highest BCUT2D eigenvalue weighted by Crippen LogP contribution is 2.32. The number of hydrogen-bond acceptors (Lipinski definition) is 13. The van der Waals surface area contributed by atoms with Gasteiger partial charge in [-0.3, -0.25) is 14.4 Å². The van der Waals surface area contributed by atoms with E-state index < -0.39 is 22.7 Å². The number of nitrogens with one attached hydrogen (secondary N) is 1. The molecule has 3 heterocycles. The molecule has 0 aliphatic carbocycles. The molecule has 0 saturated carbocycles. The van der Waals surface area contributed by atoms with Crippen molar-refractivity contribution in [2.24, 2.45) is 5.92 Å². The van der Waals surface area contributed by atoms with E-state index in [2.05, 4.69) is 29.4 Å². The maximum atomic E-state index is 13.2. The van der Waals surface area contributed by atoms with Crippen LogP contribution in [0.25, 0.3) is 10.6 Å². The van der Waals surface area contributed by atoms with Crippen LogP contribution in [0.2, 0.25) is 0 Å². The number of nitrogens with zero attached hydrogens (tertiary/aromatic N) is 4. The van der Waals surface area contributed by atoms with Gasteiger partial charge in [-0.05, 0) is 52.3 Å². The maximum Gasteiger partial charge on any atom is 0.306 e. The fourth-order valence-corrected chi connectivity index (χ4v) is 6.44. The zero-order valence-corrected chi connectivity index (χ0v) is 35.6. The summed E-state index contributed by atoms with van der Waals surface area (Å²) in [6, 6.07) is 6.01. The number of fused-ring (bicyclic) bond motifs is 1. The molecule has 4 rings (SSSR count). The number of halogens is 2. The molecular weight excluding hydrogens is 769 g/mol. The molecule has 0 spiro atoms. The third-order valence-electron chi connectivity index (χ3n) is 8.28. The van der Waals surface area contributed by atoms with Gasteiger partial charge in [0.25, 0.3) is 5.91 Å². The van der Waals surface area contributed by atoms with Crippen LogP contribution in [0.1, 0.15) is 82.0 Å². The Hall–Kier alpha value is -3.51. The molecule has 1 amide bonds. The van der Waals surface area contributed by atoms with Crippen LogP contribution in [0.5, 0.6) is 5.75 Å². The van der Waals surface area contributed by atoms with Gasteiger partial charge in [0, 0.05) is 57.9 Å². The van der Waals surface area contributed by atoms with Gasteiger partial charge in [-0.1, -0.05) is 37.3 Å². The predicted octanol–water partition coefficient (Wildman–Crippen LogP) is 5.29. The molecule has 314 valence electrons. The van der Waals surface area contributed by atoms with Gasteiger partial charge in [0.2, 0.25) is 5.43 Å². The van der Waals surface area contributed by atoms with Crippen molar-refractivity contribution in [1.82, 2.24) is 25.0 Å². The Morgan fingerprint density at radius 2 is 1.66 bits per heavy atom.